The van der Waals surface area contributed by atoms with Crippen molar-refractivity contribution in [1.29, 1.82) is 0 Å². The van der Waals surface area contributed by atoms with Gasteiger partial charge in [-0.25, -0.2) is 9.37 Å². The molecular weight excluding hydrogens is 425 g/mol. The lowest BCUT2D eigenvalue weighted by atomic mass is 10.1. The fraction of sp³-hybridized carbons (Fsp3) is 0.364. The third-order valence-electron chi connectivity index (χ3n) is 5.31. The molecule has 0 saturated carbocycles. The van der Waals surface area contributed by atoms with Gasteiger partial charge in [0, 0.05) is 31.7 Å². The smallest absolute Gasteiger partial charge is 0.260 e. The SMILES string of the molecule is Cc1ccc(C(=O)N(CCN2CCOCC2)c2nc3ccc(F)cc3s2)cc1C.Cl. The predicted octanol–water partition coefficient (Wildman–Crippen LogP) is 4.45. The van der Waals surface area contributed by atoms with E-state index in [9.17, 15) is 9.18 Å². The van der Waals surface area contributed by atoms with Crippen molar-refractivity contribution in [3.05, 3.63) is 58.9 Å². The van der Waals surface area contributed by atoms with Crippen molar-refractivity contribution >= 4 is 45.0 Å². The molecule has 0 atom stereocenters. The number of benzene rings is 2. The standard InChI is InChI=1S/C22H24FN3O2S.ClH/c1-15-3-4-17(13-16(15)2)21(27)26(8-7-25-9-11-28-12-10-25)22-24-19-6-5-18(23)14-20(19)29-22;/h3-6,13-14H,7-12H2,1-2H3;1H. The summed E-state index contributed by atoms with van der Waals surface area (Å²) >= 11 is 1.35. The van der Waals surface area contributed by atoms with Gasteiger partial charge in [-0.3, -0.25) is 14.6 Å². The van der Waals surface area contributed by atoms with E-state index in [1.165, 1.54) is 23.5 Å². The molecule has 30 heavy (non-hydrogen) atoms. The number of morpholine rings is 1. The van der Waals surface area contributed by atoms with Crippen LogP contribution in [-0.4, -0.2) is 55.2 Å². The van der Waals surface area contributed by atoms with Crippen LogP contribution >= 0.6 is 23.7 Å². The minimum absolute atomic E-state index is 0. The first-order valence-corrected chi connectivity index (χ1v) is 10.6. The summed E-state index contributed by atoms with van der Waals surface area (Å²) in [5, 5.41) is 0.599. The fourth-order valence-electron chi connectivity index (χ4n) is 3.38. The van der Waals surface area contributed by atoms with E-state index < -0.39 is 0 Å². The van der Waals surface area contributed by atoms with Gasteiger partial charge in [0.05, 0.1) is 23.4 Å². The van der Waals surface area contributed by atoms with Crippen molar-refractivity contribution in [3.8, 4) is 0 Å². The summed E-state index contributed by atoms with van der Waals surface area (Å²) in [4.78, 5) is 22.0. The van der Waals surface area contributed by atoms with Crippen LogP contribution in [0, 0.1) is 19.7 Å². The number of carbonyl (C=O) groups excluding carboxylic acids is 1. The van der Waals surface area contributed by atoms with Gasteiger partial charge >= 0.3 is 0 Å². The molecule has 0 radical (unpaired) electrons. The van der Waals surface area contributed by atoms with E-state index in [0.717, 1.165) is 35.5 Å². The van der Waals surface area contributed by atoms with Crippen LogP contribution < -0.4 is 4.90 Å². The lowest BCUT2D eigenvalue weighted by Crippen LogP contribution is -2.43. The number of rotatable bonds is 5. The van der Waals surface area contributed by atoms with Crippen LogP contribution in [0.1, 0.15) is 21.5 Å². The molecule has 2 heterocycles. The summed E-state index contributed by atoms with van der Waals surface area (Å²) in [6, 6.07) is 10.3. The number of amides is 1. The fourth-order valence-corrected chi connectivity index (χ4v) is 4.40. The van der Waals surface area contributed by atoms with E-state index in [1.807, 2.05) is 32.0 Å². The van der Waals surface area contributed by atoms with Gasteiger partial charge in [-0.1, -0.05) is 17.4 Å². The number of carbonyl (C=O) groups is 1. The molecule has 0 aliphatic carbocycles. The van der Waals surface area contributed by atoms with Crippen LogP contribution in [0.2, 0.25) is 0 Å². The average molecular weight is 450 g/mol. The molecule has 3 aromatic rings. The monoisotopic (exact) mass is 449 g/mol. The third kappa shape index (κ3) is 4.98. The lowest BCUT2D eigenvalue weighted by Gasteiger charge is -2.29. The number of ether oxygens (including phenoxy) is 1. The molecule has 160 valence electrons. The van der Waals surface area contributed by atoms with E-state index in [2.05, 4.69) is 9.88 Å². The van der Waals surface area contributed by atoms with Gasteiger partial charge < -0.3 is 4.74 Å². The first-order valence-electron chi connectivity index (χ1n) is 9.76. The molecule has 1 aromatic heterocycles. The van der Waals surface area contributed by atoms with Gasteiger partial charge in [-0.2, -0.15) is 0 Å². The minimum Gasteiger partial charge on any atom is -0.379 e. The molecule has 0 unspecified atom stereocenters. The summed E-state index contributed by atoms with van der Waals surface area (Å²) in [5.74, 6) is -0.381. The average Bonchev–Trinajstić information content (AvgIpc) is 3.13. The van der Waals surface area contributed by atoms with Crippen molar-refractivity contribution in [3.63, 3.8) is 0 Å². The topological polar surface area (TPSA) is 45.7 Å². The van der Waals surface area contributed by atoms with Crippen molar-refractivity contribution in [2.75, 3.05) is 44.3 Å². The summed E-state index contributed by atoms with van der Waals surface area (Å²) in [5.41, 5.74) is 3.57. The number of hydrogen-bond acceptors (Lipinski definition) is 5. The largest absolute Gasteiger partial charge is 0.379 e. The number of fused-ring (bicyclic) bond motifs is 1. The summed E-state index contributed by atoms with van der Waals surface area (Å²) < 4.78 is 19.8. The van der Waals surface area contributed by atoms with Crippen molar-refractivity contribution < 1.29 is 13.9 Å². The molecule has 0 N–H and O–H groups in total. The predicted molar refractivity (Wildman–Crippen MR) is 122 cm³/mol. The van der Waals surface area contributed by atoms with Crippen molar-refractivity contribution in [2.24, 2.45) is 0 Å². The number of halogens is 2. The molecule has 1 amide bonds. The molecule has 5 nitrogen and oxygen atoms in total. The summed E-state index contributed by atoms with van der Waals surface area (Å²) in [7, 11) is 0. The zero-order valence-corrected chi connectivity index (χ0v) is 18.7. The highest BCUT2D eigenvalue weighted by Gasteiger charge is 2.23. The quantitative estimate of drug-likeness (QED) is 0.577. The van der Waals surface area contributed by atoms with Crippen LogP contribution in [-0.2, 0) is 4.74 Å². The Morgan fingerprint density at radius 3 is 2.67 bits per heavy atom. The molecule has 1 fully saturated rings. The van der Waals surface area contributed by atoms with Gasteiger partial charge in [0.25, 0.3) is 5.91 Å². The van der Waals surface area contributed by atoms with Crippen LogP contribution in [0.5, 0.6) is 0 Å². The molecule has 8 heteroatoms. The highest BCUT2D eigenvalue weighted by molar-refractivity contribution is 7.22. The Balaban J connectivity index is 0.00000256. The maximum atomic E-state index is 13.6. The van der Waals surface area contributed by atoms with Crippen LogP contribution in [0.4, 0.5) is 9.52 Å². The number of aromatic nitrogens is 1. The zero-order valence-electron chi connectivity index (χ0n) is 17.1. The Morgan fingerprint density at radius 2 is 1.93 bits per heavy atom. The van der Waals surface area contributed by atoms with Crippen LogP contribution in [0.3, 0.4) is 0 Å². The normalized spacial score (nSPS) is 14.5. The molecule has 0 bridgehead atoms. The molecule has 1 saturated heterocycles. The summed E-state index contributed by atoms with van der Waals surface area (Å²) in [6.07, 6.45) is 0. The van der Waals surface area contributed by atoms with Gasteiger partial charge in [0.15, 0.2) is 5.13 Å². The van der Waals surface area contributed by atoms with E-state index in [0.29, 0.717) is 36.0 Å². The van der Waals surface area contributed by atoms with E-state index in [-0.39, 0.29) is 24.1 Å². The Kier molecular flexibility index (Phi) is 7.41. The Hall–Kier alpha value is -2.06. The van der Waals surface area contributed by atoms with Crippen LogP contribution in [0.25, 0.3) is 10.2 Å². The van der Waals surface area contributed by atoms with Crippen molar-refractivity contribution in [2.45, 2.75) is 13.8 Å². The van der Waals surface area contributed by atoms with Crippen LogP contribution in [0.15, 0.2) is 36.4 Å². The highest BCUT2D eigenvalue weighted by Crippen LogP contribution is 2.30. The minimum atomic E-state index is -0.298. The Labute approximate surface area is 185 Å². The molecule has 1 aliphatic heterocycles. The second kappa shape index (κ2) is 9.83. The van der Waals surface area contributed by atoms with E-state index in [1.54, 1.807) is 11.0 Å². The highest BCUT2D eigenvalue weighted by atomic mass is 35.5. The Morgan fingerprint density at radius 1 is 1.17 bits per heavy atom. The first-order chi connectivity index (χ1) is 14.0. The van der Waals surface area contributed by atoms with Gasteiger partial charge in [-0.15, -0.1) is 12.4 Å². The van der Waals surface area contributed by atoms with E-state index in [4.69, 9.17) is 4.74 Å². The van der Waals surface area contributed by atoms with E-state index >= 15 is 0 Å². The number of anilines is 1. The Bertz CT molecular complexity index is 1040. The maximum Gasteiger partial charge on any atom is 0.260 e. The second-order valence-electron chi connectivity index (χ2n) is 7.32. The molecule has 4 rings (SSSR count). The van der Waals surface area contributed by atoms with Crippen molar-refractivity contribution in [1.82, 2.24) is 9.88 Å². The molecule has 1 aliphatic rings. The second-order valence-corrected chi connectivity index (χ2v) is 8.33. The first kappa shape index (κ1) is 22.6. The third-order valence-corrected chi connectivity index (χ3v) is 6.35. The summed E-state index contributed by atoms with van der Waals surface area (Å²) in [6.45, 7) is 8.44. The van der Waals surface area contributed by atoms with Gasteiger partial charge in [0.1, 0.15) is 5.82 Å². The number of aryl methyl sites for hydroxylation is 2. The number of nitrogens with zero attached hydrogens (tertiary/aromatic N) is 3. The number of thiazole rings is 1. The van der Waals surface area contributed by atoms with Gasteiger partial charge in [-0.05, 0) is 55.3 Å². The van der Waals surface area contributed by atoms with Gasteiger partial charge in [0.2, 0.25) is 0 Å². The zero-order chi connectivity index (χ0) is 20.4. The molecule has 0 spiro atoms. The lowest BCUT2D eigenvalue weighted by molar-refractivity contribution is 0.0391. The molecule has 2 aromatic carbocycles. The maximum absolute atomic E-state index is 13.6. The molecular formula is C22H25ClFN3O2S. The number of hydrogen-bond donors (Lipinski definition) is 0.